The standard InChI is InChI=1S/C27H21F3N8S/c1-14-2-3-20(39-14)17-9-32-10-19-24(17)35-26(34-19)25-21-18(36-37-25)11-33-23(22(21)28)16-6-15(7-31-8-16)12-38-5-4-27(29,30)13-38/h2-3,6-11H,4-5,12-13H2,1H3,(H,34,35)(H,36,37). The molecule has 1 saturated heterocycles. The smallest absolute Gasteiger partial charge is 0.261 e. The van der Waals surface area contributed by atoms with Crippen LogP contribution in [0.15, 0.2) is 49.2 Å². The van der Waals surface area contributed by atoms with Crippen molar-refractivity contribution in [1.82, 2.24) is 40.0 Å². The third kappa shape index (κ3) is 4.25. The first-order valence-corrected chi connectivity index (χ1v) is 13.1. The number of hydrogen-bond donors (Lipinski definition) is 2. The van der Waals surface area contributed by atoms with Gasteiger partial charge in [-0.05, 0) is 30.7 Å². The predicted molar refractivity (Wildman–Crippen MR) is 143 cm³/mol. The quantitative estimate of drug-likeness (QED) is 0.276. The first-order chi connectivity index (χ1) is 18.8. The van der Waals surface area contributed by atoms with Crippen LogP contribution in [-0.4, -0.2) is 59.0 Å². The molecule has 8 nitrogen and oxygen atoms in total. The number of thiophene rings is 1. The highest BCUT2D eigenvalue weighted by Gasteiger charge is 2.38. The summed E-state index contributed by atoms with van der Waals surface area (Å²) in [7, 11) is 0. The zero-order chi connectivity index (χ0) is 26.7. The Labute approximate surface area is 224 Å². The summed E-state index contributed by atoms with van der Waals surface area (Å²) >= 11 is 1.65. The van der Waals surface area contributed by atoms with E-state index >= 15 is 4.39 Å². The van der Waals surface area contributed by atoms with E-state index in [9.17, 15) is 8.78 Å². The summed E-state index contributed by atoms with van der Waals surface area (Å²) in [5.41, 5.74) is 4.31. The number of H-pyrrole nitrogens is 2. The van der Waals surface area contributed by atoms with Crippen LogP contribution in [0.25, 0.3) is 55.2 Å². The summed E-state index contributed by atoms with van der Waals surface area (Å²) in [6, 6.07) is 5.81. The van der Waals surface area contributed by atoms with Crippen LogP contribution >= 0.6 is 11.3 Å². The Balaban J connectivity index is 1.28. The molecule has 0 amide bonds. The van der Waals surface area contributed by atoms with Gasteiger partial charge in [0.2, 0.25) is 0 Å². The molecule has 1 aliphatic rings. The molecule has 0 atom stereocenters. The second-order valence-electron chi connectivity index (χ2n) is 9.76. The first kappa shape index (κ1) is 23.9. The highest BCUT2D eigenvalue weighted by molar-refractivity contribution is 7.15. The zero-order valence-electron chi connectivity index (χ0n) is 20.7. The van der Waals surface area contributed by atoms with E-state index in [0.29, 0.717) is 46.8 Å². The lowest BCUT2D eigenvalue weighted by atomic mass is 10.1. The molecular weight excluding hydrogens is 525 g/mol. The third-order valence-corrected chi connectivity index (χ3v) is 7.93. The summed E-state index contributed by atoms with van der Waals surface area (Å²) in [5, 5.41) is 7.44. The van der Waals surface area contributed by atoms with Crippen LogP contribution in [0, 0.1) is 12.7 Å². The van der Waals surface area contributed by atoms with E-state index in [1.54, 1.807) is 40.9 Å². The van der Waals surface area contributed by atoms with E-state index in [2.05, 4.69) is 30.1 Å². The molecule has 12 heteroatoms. The lowest BCUT2D eigenvalue weighted by molar-refractivity contribution is 0.0115. The Bertz CT molecular complexity index is 1860. The minimum atomic E-state index is -2.68. The number of aromatic amines is 2. The lowest BCUT2D eigenvalue weighted by Crippen LogP contribution is -2.24. The molecule has 7 rings (SSSR count). The molecule has 0 unspecified atom stereocenters. The fraction of sp³-hybridized carbons (Fsp3) is 0.222. The second-order valence-corrected chi connectivity index (χ2v) is 11.0. The van der Waals surface area contributed by atoms with Crippen LogP contribution in [0.3, 0.4) is 0 Å². The summed E-state index contributed by atoms with van der Waals surface area (Å²) in [5.74, 6) is -2.86. The SMILES string of the molecule is Cc1ccc(-c2cncc3[nH]c(-c4n[nH]c5cnc(-c6cncc(CN7CCC(F)(F)C7)c6)c(F)c45)nc23)s1. The van der Waals surface area contributed by atoms with Crippen molar-refractivity contribution in [2.45, 2.75) is 25.8 Å². The van der Waals surface area contributed by atoms with Crippen LogP contribution in [0.5, 0.6) is 0 Å². The zero-order valence-corrected chi connectivity index (χ0v) is 21.5. The molecular formula is C27H21F3N8S. The number of nitrogens with zero attached hydrogens (tertiary/aromatic N) is 6. The Morgan fingerprint density at radius 1 is 1.05 bits per heavy atom. The van der Waals surface area contributed by atoms with Gasteiger partial charge < -0.3 is 4.98 Å². The van der Waals surface area contributed by atoms with E-state index in [0.717, 1.165) is 16.0 Å². The van der Waals surface area contributed by atoms with Crippen molar-refractivity contribution in [3.63, 3.8) is 0 Å². The highest BCUT2D eigenvalue weighted by Crippen LogP contribution is 2.36. The molecule has 1 aliphatic heterocycles. The number of fused-ring (bicyclic) bond motifs is 2. The molecule has 0 spiro atoms. The maximum Gasteiger partial charge on any atom is 0.261 e. The van der Waals surface area contributed by atoms with Crippen molar-refractivity contribution in [2.24, 2.45) is 0 Å². The molecule has 39 heavy (non-hydrogen) atoms. The maximum absolute atomic E-state index is 16.1. The van der Waals surface area contributed by atoms with Crippen molar-refractivity contribution >= 4 is 33.3 Å². The normalized spacial score (nSPS) is 15.6. The number of hydrogen-bond acceptors (Lipinski definition) is 7. The van der Waals surface area contributed by atoms with E-state index in [1.165, 1.54) is 17.3 Å². The van der Waals surface area contributed by atoms with Gasteiger partial charge >= 0.3 is 0 Å². The lowest BCUT2D eigenvalue weighted by Gasteiger charge is -2.15. The molecule has 7 heterocycles. The van der Waals surface area contributed by atoms with Crippen LogP contribution in [-0.2, 0) is 6.54 Å². The summed E-state index contributed by atoms with van der Waals surface area (Å²) in [6.45, 7) is 2.35. The molecule has 2 N–H and O–H groups in total. The number of nitrogens with one attached hydrogen (secondary N) is 2. The Morgan fingerprint density at radius 3 is 2.72 bits per heavy atom. The average Bonchev–Trinajstić information content (AvgIpc) is 3.70. The minimum Gasteiger partial charge on any atom is -0.335 e. The number of imidazole rings is 1. The largest absolute Gasteiger partial charge is 0.335 e. The van der Waals surface area contributed by atoms with Gasteiger partial charge in [0, 0.05) is 59.0 Å². The van der Waals surface area contributed by atoms with Crippen molar-refractivity contribution in [3.05, 3.63) is 65.4 Å². The number of likely N-dealkylation sites (tertiary alicyclic amines) is 1. The maximum atomic E-state index is 16.1. The number of rotatable bonds is 5. The van der Waals surface area contributed by atoms with Gasteiger partial charge in [0.1, 0.15) is 16.9 Å². The van der Waals surface area contributed by atoms with Crippen molar-refractivity contribution in [1.29, 1.82) is 0 Å². The molecule has 0 aromatic carbocycles. The Morgan fingerprint density at radius 2 is 1.92 bits per heavy atom. The van der Waals surface area contributed by atoms with Gasteiger partial charge in [-0.2, -0.15) is 5.10 Å². The molecule has 0 radical (unpaired) electrons. The van der Waals surface area contributed by atoms with Gasteiger partial charge in [0.15, 0.2) is 11.6 Å². The predicted octanol–water partition coefficient (Wildman–Crippen LogP) is 5.98. The molecule has 0 saturated carbocycles. The number of alkyl halides is 2. The van der Waals surface area contributed by atoms with Crippen molar-refractivity contribution in [3.8, 4) is 33.2 Å². The Kier molecular flexibility index (Phi) is 5.49. The fourth-order valence-electron chi connectivity index (χ4n) is 5.06. The second kappa shape index (κ2) is 8.95. The van der Waals surface area contributed by atoms with Crippen molar-refractivity contribution < 1.29 is 13.2 Å². The molecule has 0 aliphatic carbocycles. The van der Waals surface area contributed by atoms with E-state index in [4.69, 9.17) is 4.98 Å². The molecule has 6 aromatic rings. The van der Waals surface area contributed by atoms with E-state index in [1.807, 2.05) is 19.1 Å². The van der Waals surface area contributed by atoms with Gasteiger partial charge in [0.25, 0.3) is 5.92 Å². The molecule has 196 valence electrons. The van der Waals surface area contributed by atoms with Gasteiger partial charge in [-0.1, -0.05) is 0 Å². The molecule has 0 bridgehead atoms. The number of aryl methyl sites for hydroxylation is 1. The van der Waals surface area contributed by atoms with Crippen molar-refractivity contribution in [2.75, 3.05) is 13.1 Å². The van der Waals surface area contributed by atoms with Gasteiger partial charge in [0.05, 0.1) is 35.4 Å². The van der Waals surface area contributed by atoms with Crippen LogP contribution in [0.1, 0.15) is 16.9 Å². The van der Waals surface area contributed by atoms with Crippen LogP contribution in [0.4, 0.5) is 13.2 Å². The van der Waals surface area contributed by atoms with E-state index < -0.39 is 11.7 Å². The first-order valence-electron chi connectivity index (χ1n) is 12.3. The molecule has 1 fully saturated rings. The monoisotopic (exact) mass is 546 g/mol. The van der Waals surface area contributed by atoms with Gasteiger partial charge in [-0.3, -0.25) is 25.0 Å². The number of halogens is 3. The highest BCUT2D eigenvalue weighted by atomic mass is 32.1. The van der Waals surface area contributed by atoms with Gasteiger partial charge in [-0.15, -0.1) is 11.3 Å². The minimum absolute atomic E-state index is 0.0961. The Hall–Kier alpha value is -4.16. The van der Waals surface area contributed by atoms with E-state index in [-0.39, 0.29) is 24.0 Å². The summed E-state index contributed by atoms with van der Waals surface area (Å²) in [4.78, 5) is 24.8. The summed E-state index contributed by atoms with van der Waals surface area (Å²) in [6.07, 6.45) is 7.93. The van der Waals surface area contributed by atoms with Gasteiger partial charge in [-0.25, -0.2) is 18.2 Å². The average molecular weight is 547 g/mol. The van der Waals surface area contributed by atoms with Crippen LogP contribution < -0.4 is 0 Å². The number of pyridine rings is 3. The topological polar surface area (TPSA) is 99.3 Å². The number of aromatic nitrogens is 7. The third-order valence-electron chi connectivity index (χ3n) is 6.89. The van der Waals surface area contributed by atoms with Crippen LogP contribution in [0.2, 0.25) is 0 Å². The fourth-order valence-corrected chi connectivity index (χ4v) is 5.93. The summed E-state index contributed by atoms with van der Waals surface area (Å²) < 4.78 is 43.3. The molecule has 6 aromatic heterocycles.